The van der Waals surface area contributed by atoms with Crippen molar-refractivity contribution in [3.05, 3.63) is 72.1 Å². The van der Waals surface area contributed by atoms with E-state index in [1.54, 1.807) is 6.20 Å². The Kier molecular flexibility index (Phi) is 7.34. The number of benzene rings is 2. The molecule has 0 radical (unpaired) electrons. The Morgan fingerprint density at radius 2 is 1.67 bits per heavy atom. The molecule has 1 aliphatic rings. The number of piperazine rings is 1. The van der Waals surface area contributed by atoms with Gasteiger partial charge in [0.15, 0.2) is 5.16 Å². The number of carbonyl (C=O) groups excluding carboxylic acids is 2. The SMILES string of the molecule is Cc1cc(C)cc(-n2ccnc2SCC(=O)NCC(=O)N2CCN(c3ccccc3)CC2)c1. The smallest absolute Gasteiger partial charge is 0.242 e. The van der Waals surface area contributed by atoms with Crippen molar-refractivity contribution >= 4 is 29.3 Å². The van der Waals surface area contributed by atoms with Crippen LogP contribution in [0.3, 0.4) is 0 Å². The van der Waals surface area contributed by atoms with Crippen LogP contribution in [0.15, 0.2) is 66.1 Å². The third-order valence-electron chi connectivity index (χ3n) is 5.61. The van der Waals surface area contributed by atoms with E-state index in [9.17, 15) is 9.59 Å². The summed E-state index contributed by atoms with van der Waals surface area (Å²) < 4.78 is 1.98. The van der Waals surface area contributed by atoms with Crippen molar-refractivity contribution in [2.75, 3.05) is 43.4 Å². The molecular formula is C25H29N5O2S. The van der Waals surface area contributed by atoms with Crippen molar-refractivity contribution < 1.29 is 9.59 Å². The minimum atomic E-state index is -0.175. The summed E-state index contributed by atoms with van der Waals surface area (Å²) in [5, 5.41) is 3.51. The summed E-state index contributed by atoms with van der Waals surface area (Å²) in [6.45, 7) is 7.05. The molecule has 1 N–H and O–H groups in total. The van der Waals surface area contributed by atoms with Crippen molar-refractivity contribution in [1.29, 1.82) is 0 Å². The lowest BCUT2D eigenvalue weighted by atomic mass is 10.1. The molecule has 33 heavy (non-hydrogen) atoms. The molecule has 0 spiro atoms. The average molecular weight is 464 g/mol. The van der Waals surface area contributed by atoms with Crippen molar-refractivity contribution in [2.24, 2.45) is 0 Å². The third-order valence-corrected chi connectivity index (χ3v) is 6.58. The zero-order valence-electron chi connectivity index (χ0n) is 19.0. The number of anilines is 1. The first-order chi connectivity index (χ1) is 16.0. The highest BCUT2D eigenvalue weighted by molar-refractivity contribution is 7.99. The number of rotatable bonds is 7. The minimum Gasteiger partial charge on any atom is -0.368 e. The van der Waals surface area contributed by atoms with Crippen LogP contribution < -0.4 is 10.2 Å². The molecule has 2 amide bonds. The molecule has 1 aliphatic heterocycles. The third kappa shape index (κ3) is 5.96. The predicted molar refractivity (Wildman–Crippen MR) is 132 cm³/mol. The fourth-order valence-corrected chi connectivity index (χ4v) is 4.81. The number of aryl methyl sites for hydroxylation is 2. The summed E-state index contributed by atoms with van der Waals surface area (Å²) in [7, 11) is 0. The highest BCUT2D eigenvalue weighted by Crippen LogP contribution is 2.22. The van der Waals surface area contributed by atoms with Gasteiger partial charge in [0.05, 0.1) is 12.3 Å². The molecule has 2 heterocycles. The molecule has 3 aromatic rings. The molecule has 1 saturated heterocycles. The van der Waals surface area contributed by atoms with Crippen LogP contribution in [0.1, 0.15) is 11.1 Å². The number of nitrogens with one attached hydrogen (secondary N) is 1. The first-order valence-corrected chi connectivity index (χ1v) is 12.1. The maximum Gasteiger partial charge on any atom is 0.242 e. The van der Waals surface area contributed by atoms with Crippen LogP contribution in [0.4, 0.5) is 5.69 Å². The van der Waals surface area contributed by atoms with Gasteiger partial charge in [0, 0.05) is 49.9 Å². The second-order valence-corrected chi connectivity index (χ2v) is 9.14. The van der Waals surface area contributed by atoms with Crippen molar-refractivity contribution in [3.8, 4) is 5.69 Å². The van der Waals surface area contributed by atoms with E-state index in [4.69, 9.17) is 0 Å². The lowest BCUT2D eigenvalue weighted by Gasteiger charge is -2.36. The normalized spacial score (nSPS) is 13.8. The molecule has 0 saturated carbocycles. The Hall–Kier alpha value is -3.26. The molecule has 1 aromatic heterocycles. The highest BCUT2D eigenvalue weighted by Gasteiger charge is 2.21. The number of para-hydroxylation sites is 1. The number of nitrogens with zero attached hydrogens (tertiary/aromatic N) is 4. The van der Waals surface area contributed by atoms with Gasteiger partial charge in [-0.05, 0) is 49.2 Å². The van der Waals surface area contributed by atoms with Gasteiger partial charge in [0.1, 0.15) is 0 Å². The first-order valence-electron chi connectivity index (χ1n) is 11.1. The number of thioether (sulfide) groups is 1. The monoisotopic (exact) mass is 463 g/mol. The van der Waals surface area contributed by atoms with E-state index in [1.807, 2.05) is 33.9 Å². The zero-order valence-corrected chi connectivity index (χ0v) is 19.8. The summed E-state index contributed by atoms with van der Waals surface area (Å²) in [5.41, 5.74) is 4.55. The Morgan fingerprint density at radius 3 is 2.36 bits per heavy atom. The van der Waals surface area contributed by atoms with Gasteiger partial charge in [-0.25, -0.2) is 4.98 Å². The first kappa shape index (κ1) is 22.9. The van der Waals surface area contributed by atoms with Crippen LogP contribution in [0, 0.1) is 13.8 Å². The Bertz CT molecular complexity index is 1090. The maximum atomic E-state index is 12.6. The van der Waals surface area contributed by atoms with Gasteiger partial charge in [-0.3, -0.25) is 14.2 Å². The highest BCUT2D eigenvalue weighted by atomic mass is 32.2. The fraction of sp³-hybridized carbons (Fsp3) is 0.320. The topological polar surface area (TPSA) is 70.5 Å². The van der Waals surface area contributed by atoms with Gasteiger partial charge in [-0.1, -0.05) is 36.0 Å². The predicted octanol–water partition coefficient (Wildman–Crippen LogP) is 3.05. The maximum absolute atomic E-state index is 12.6. The standard InChI is InChI=1S/C25H29N5O2S/c1-19-14-20(2)16-22(15-19)30-9-8-26-25(30)33-18-23(31)27-17-24(32)29-12-10-28(11-13-29)21-6-4-3-5-7-21/h3-9,14-16H,10-13,17-18H2,1-2H3,(H,27,31). The molecule has 8 heteroatoms. The van der Waals surface area contributed by atoms with Crippen molar-refractivity contribution in [3.63, 3.8) is 0 Å². The van der Waals surface area contributed by atoms with E-state index in [1.165, 1.54) is 28.6 Å². The molecule has 172 valence electrons. The quantitative estimate of drug-likeness (QED) is 0.546. The zero-order chi connectivity index (χ0) is 23.2. The second kappa shape index (κ2) is 10.6. The van der Waals surface area contributed by atoms with Crippen LogP contribution in [0.25, 0.3) is 5.69 Å². The summed E-state index contributed by atoms with van der Waals surface area (Å²) in [4.78, 5) is 33.4. The number of hydrogen-bond donors (Lipinski definition) is 1. The summed E-state index contributed by atoms with van der Waals surface area (Å²) in [5.74, 6) is -0.0132. The molecule has 0 bridgehead atoms. The average Bonchev–Trinajstić information content (AvgIpc) is 3.30. The van der Waals surface area contributed by atoms with E-state index < -0.39 is 0 Å². The molecule has 7 nitrogen and oxygen atoms in total. The molecule has 2 aromatic carbocycles. The van der Waals surface area contributed by atoms with Crippen molar-refractivity contribution in [2.45, 2.75) is 19.0 Å². The molecule has 1 fully saturated rings. The number of amides is 2. The van der Waals surface area contributed by atoms with Gasteiger partial charge in [-0.2, -0.15) is 0 Å². The summed E-state index contributed by atoms with van der Waals surface area (Å²) in [6.07, 6.45) is 3.63. The van der Waals surface area contributed by atoms with E-state index in [0.717, 1.165) is 23.9 Å². The molecular weight excluding hydrogens is 434 g/mol. The lowest BCUT2D eigenvalue weighted by Crippen LogP contribution is -2.51. The molecule has 0 unspecified atom stereocenters. The molecule has 0 atom stereocenters. The molecule has 0 aliphatic carbocycles. The largest absolute Gasteiger partial charge is 0.368 e. The van der Waals surface area contributed by atoms with Gasteiger partial charge >= 0.3 is 0 Å². The fourth-order valence-electron chi connectivity index (χ4n) is 4.00. The van der Waals surface area contributed by atoms with Crippen molar-refractivity contribution in [1.82, 2.24) is 19.8 Å². The second-order valence-electron chi connectivity index (χ2n) is 8.19. The van der Waals surface area contributed by atoms with Crippen LogP contribution in [-0.4, -0.2) is 64.7 Å². The Balaban J connectivity index is 1.23. The number of carbonyl (C=O) groups is 2. The van der Waals surface area contributed by atoms with E-state index in [0.29, 0.717) is 13.1 Å². The van der Waals surface area contributed by atoms with Gasteiger partial charge in [0.25, 0.3) is 0 Å². The van der Waals surface area contributed by atoms with Crippen LogP contribution >= 0.6 is 11.8 Å². The van der Waals surface area contributed by atoms with E-state index in [-0.39, 0.29) is 24.1 Å². The number of hydrogen-bond acceptors (Lipinski definition) is 5. The van der Waals surface area contributed by atoms with E-state index >= 15 is 0 Å². The minimum absolute atomic E-state index is 0.0241. The Labute approximate surface area is 198 Å². The number of imidazole rings is 1. The van der Waals surface area contributed by atoms with Gasteiger partial charge in [0.2, 0.25) is 11.8 Å². The molecule has 4 rings (SSSR count). The van der Waals surface area contributed by atoms with Gasteiger partial charge in [-0.15, -0.1) is 0 Å². The van der Waals surface area contributed by atoms with Crippen LogP contribution in [-0.2, 0) is 9.59 Å². The van der Waals surface area contributed by atoms with Crippen LogP contribution in [0.2, 0.25) is 0 Å². The Morgan fingerprint density at radius 1 is 0.970 bits per heavy atom. The van der Waals surface area contributed by atoms with Gasteiger partial charge < -0.3 is 15.1 Å². The number of aromatic nitrogens is 2. The van der Waals surface area contributed by atoms with Crippen LogP contribution in [0.5, 0.6) is 0 Å². The lowest BCUT2D eigenvalue weighted by molar-refractivity contribution is -0.132. The summed E-state index contributed by atoms with van der Waals surface area (Å²) >= 11 is 1.36. The van der Waals surface area contributed by atoms with E-state index in [2.05, 4.69) is 59.4 Å². The summed E-state index contributed by atoms with van der Waals surface area (Å²) in [6, 6.07) is 16.5.